The van der Waals surface area contributed by atoms with E-state index < -0.39 is 0 Å². The van der Waals surface area contributed by atoms with Crippen molar-refractivity contribution in [2.45, 2.75) is 31.8 Å². The lowest BCUT2D eigenvalue weighted by Crippen LogP contribution is -2.60. The van der Waals surface area contributed by atoms with Gasteiger partial charge in [0.25, 0.3) is 5.91 Å². The number of halogens is 1. The van der Waals surface area contributed by atoms with E-state index in [1.165, 1.54) is 14.2 Å². The highest BCUT2D eigenvalue weighted by Crippen LogP contribution is 2.36. The van der Waals surface area contributed by atoms with Crippen molar-refractivity contribution in [1.82, 2.24) is 9.80 Å². The van der Waals surface area contributed by atoms with Gasteiger partial charge in [-0.25, -0.2) is 0 Å². The lowest BCUT2D eigenvalue weighted by Gasteiger charge is -2.42. The number of piperazine rings is 1. The molecule has 0 bridgehead atoms. The van der Waals surface area contributed by atoms with Crippen molar-refractivity contribution in [2.24, 2.45) is 0 Å². The largest absolute Gasteiger partial charge is 0.495 e. The average Bonchev–Trinajstić information content (AvgIpc) is 2.83. The molecule has 0 aromatic heterocycles. The standard InChI is InChI=1S/C24H26ClN3O5/c1-32-20-12-21(33-2)18(11-17(20)25)26-23(30)16-8-6-15(7-9-16)13-27-14-22(29)28-10-4-3-5-19(28)24(27)31/h6-9,11-12,19H,3-5,10,13-14H2,1-2H3,(H,26,30). The van der Waals surface area contributed by atoms with Crippen molar-refractivity contribution in [3.05, 3.63) is 52.5 Å². The number of carbonyl (C=O) groups excluding carboxylic acids is 3. The number of benzene rings is 2. The van der Waals surface area contributed by atoms with E-state index in [4.69, 9.17) is 21.1 Å². The summed E-state index contributed by atoms with van der Waals surface area (Å²) in [6.07, 6.45) is 2.63. The Morgan fingerprint density at radius 3 is 2.52 bits per heavy atom. The van der Waals surface area contributed by atoms with E-state index >= 15 is 0 Å². The molecule has 0 spiro atoms. The monoisotopic (exact) mass is 471 g/mol. The van der Waals surface area contributed by atoms with Crippen LogP contribution < -0.4 is 14.8 Å². The van der Waals surface area contributed by atoms with E-state index in [0.29, 0.717) is 40.9 Å². The second-order valence-electron chi connectivity index (χ2n) is 8.13. The van der Waals surface area contributed by atoms with Gasteiger partial charge in [-0.05, 0) is 43.0 Å². The van der Waals surface area contributed by atoms with E-state index in [-0.39, 0.29) is 30.3 Å². The molecular formula is C24H26ClN3O5. The van der Waals surface area contributed by atoms with Gasteiger partial charge in [-0.15, -0.1) is 0 Å². The van der Waals surface area contributed by atoms with Gasteiger partial charge in [0.05, 0.1) is 24.9 Å². The van der Waals surface area contributed by atoms with Gasteiger partial charge in [0.15, 0.2) is 0 Å². The first-order chi connectivity index (χ1) is 15.9. The summed E-state index contributed by atoms with van der Waals surface area (Å²) in [6, 6.07) is 9.79. The molecule has 9 heteroatoms. The van der Waals surface area contributed by atoms with Gasteiger partial charge < -0.3 is 24.6 Å². The molecule has 2 fully saturated rings. The van der Waals surface area contributed by atoms with E-state index in [9.17, 15) is 14.4 Å². The Bertz CT molecular complexity index is 1070. The van der Waals surface area contributed by atoms with E-state index in [0.717, 1.165) is 24.8 Å². The molecule has 1 unspecified atom stereocenters. The van der Waals surface area contributed by atoms with Crippen LogP contribution in [0.4, 0.5) is 5.69 Å². The van der Waals surface area contributed by atoms with Crippen LogP contribution in [0.2, 0.25) is 5.02 Å². The third kappa shape index (κ3) is 4.75. The second kappa shape index (κ2) is 9.70. The van der Waals surface area contributed by atoms with Crippen LogP contribution in [0.5, 0.6) is 11.5 Å². The Hall–Kier alpha value is -3.26. The maximum atomic E-state index is 12.9. The second-order valence-corrected chi connectivity index (χ2v) is 8.54. The number of rotatable bonds is 6. The summed E-state index contributed by atoms with van der Waals surface area (Å²) in [5.74, 6) is 0.536. The number of carbonyl (C=O) groups is 3. The summed E-state index contributed by atoms with van der Waals surface area (Å²) in [7, 11) is 2.99. The summed E-state index contributed by atoms with van der Waals surface area (Å²) < 4.78 is 10.5. The summed E-state index contributed by atoms with van der Waals surface area (Å²) in [6.45, 7) is 1.09. The Labute approximate surface area is 197 Å². The molecule has 4 rings (SSSR count). The van der Waals surface area contributed by atoms with Crippen molar-refractivity contribution in [2.75, 3.05) is 32.6 Å². The highest BCUT2D eigenvalue weighted by Gasteiger charge is 2.40. The van der Waals surface area contributed by atoms with Crippen molar-refractivity contribution >= 4 is 35.0 Å². The van der Waals surface area contributed by atoms with E-state index in [2.05, 4.69) is 5.32 Å². The van der Waals surface area contributed by atoms with Crippen LogP contribution in [-0.4, -0.2) is 60.9 Å². The maximum Gasteiger partial charge on any atom is 0.255 e. The number of amides is 3. The summed E-state index contributed by atoms with van der Waals surface area (Å²) in [5, 5.41) is 3.14. The zero-order chi connectivity index (χ0) is 23.5. The van der Waals surface area contributed by atoms with E-state index in [1.54, 1.807) is 46.2 Å². The fourth-order valence-corrected chi connectivity index (χ4v) is 4.54. The number of nitrogens with zero attached hydrogens (tertiary/aromatic N) is 2. The van der Waals surface area contributed by atoms with Gasteiger partial charge >= 0.3 is 0 Å². The summed E-state index contributed by atoms with van der Waals surface area (Å²) in [5.41, 5.74) is 1.71. The Morgan fingerprint density at radius 2 is 1.82 bits per heavy atom. The molecule has 2 saturated heterocycles. The van der Waals surface area contributed by atoms with Crippen molar-refractivity contribution in [3.63, 3.8) is 0 Å². The number of anilines is 1. The van der Waals surface area contributed by atoms with Crippen molar-refractivity contribution < 1.29 is 23.9 Å². The number of fused-ring (bicyclic) bond motifs is 1. The smallest absolute Gasteiger partial charge is 0.255 e. The topological polar surface area (TPSA) is 88.2 Å². The molecule has 1 atom stereocenters. The van der Waals surface area contributed by atoms with Crippen LogP contribution >= 0.6 is 11.6 Å². The summed E-state index contributed by atoms with van der Waals surface area (Å²) >= 11 is 6.18. The number of ether oxygens (including phenoxy) is 2. The molecule has 0 radical (unpaired) electrons. The third-order valence-corrected chi connectivity index (χ3v) is 6.35. The first-order valence-corrected chi connectivity index (χ1v) is 11.2. The highest BCUT2D eigenvalue weighted by molar-refractivity contribution is 6.32. The SMILES string of the molecule is COc1cc(OC)c(NC(=O)c2ccc(CN3CC(=O)N4CCCCC4C3=O)cc2)cc1Cl. The Balaban J connectivity index is 1.43. The van der Waals surface area contributed by atoms with Gasteiger partial charge in [-0.2, -0.15) is 0 Å². The van der Waals surface area contributed by atoms with Crippen LogP contribution in [0.15, 0.2) is 36.4 Å². The molecule has 3 amide bonds. The number of nitrogens with one attached hydrogen (secondary N) is 1. The predicted molar refractivity (Wildman–Crippen MR) is 124 cm³/mol. The molecule has 8 nitrogen and oxygen atoms in total. The molecule has 2 aromatic rings. The quantitative estimate of drug-likeness (QED) is 0.698. The molecule has 2 aliphatic rings. The molecule has 0 saturated carbocycles. The minimum atomic E-state index is -0.337. The lowest BCUT2D eigenvalue weighted by atomic mass is 9.98. The predicted octanol–water partition coefficient (Wildman–Crippen LogP) is 3.33. The average molecular weight is 472 g/mol. The van der Waals surface area contributed by atoms with Crippen LogP contribution in [0.1, 0.15) is 35.2 Å². The fourth-order valence-electron chi connectivity index (χ4n) is 4.30. The first kappa shape index (κ1) is 22.9. The molecule has 174 valence electrons. The highest BCUT2D eigenvalue weighted by atomic mass is 35.5. The zero-order valence-corrected chi connectivity index (χ0v) is 19.4. The van der Waals surface area contributed by atoms with Gasteiger partial charge in [0.2, 0.25) is 11.8 Å². The molecule has 2 heterocycles. The van der Waals surface area contributed by atoms with Crippen LogP contribution in [-0.2, 0) is 16.1 Å². The summed E-state index contributed by atoms with van der Waals surface area (Å²) in [4.78, 5) is 41.4. The van der Waals surface area contributed by atoms with Gasteiger partial charge in [-0.3, -0.25) is 14.4 Å². The van der Waals surface area contributed by atoms with Crippen LogP contribution in [0, 0.1) is 0 Å². The number of methoxy groups -OCH3 is 2. The first-order valence-electron chi connectivity index (χ1n) is 10.8. The van der Waals surface area contributed by atoms with E-state index in [1.807, 2.05) is 0 Å². The molecule has 1 N–H and O–H groups in total. The molecule has 33 heavy (non-hydrogen) atoms. The van der Waals surface area contributed by atoms with Gasteiger partial charge in [0, 0.05) is 24.7 Å². The Morgan fingerprint density at radius 1 is 1.09 bits per heavy atom. The minimum Gasteiger partial charge on any atom is -0.495 e. The van der Waals surface area contributed by atoms with Crippen molar-refractivity contribution in [3.8, 4) is 11.5 Å². The number of hydrogen-bond acceptors (Lipinski definition) is 5. The minimum absolute atomic E-state index is 0.000371. The van der Waals surface area contributed by atoms with Crippen molar-refractivity contribution in [1.29, 1.82) is 0 Å². The van der Waals surface area contributed by atoms with Crippen LogP contribution in [0.3, 0.4) is 0 Å². The molecular weight excluding hydrogens is 446 g/mol. The fraction of sp³-hybridized carbons (Fsp3) is 0.375. The van der Waals surface area contributed by atoms with Gasteiger partial charge in [-0.1, -0.05) is 23.7 Å². The lowest BCUT2D eigenvalue weighted by molar-refractivity contribution is -0.158. The molecule has 2 aliphatic heterocycles. The van der Waals surface area contributed by atoms with Gasteiger partial charge in [0.1, 0.15) is 24.1 Å². The number of piperidine rings is 1. The molecule has 2 aromatic carbocycles. The normalized spacial score (nSPS) is 18.1. The van der Waals surface area contributed by atoms with Crippen LogP contribution in [0.25, 0.3) is 0 Å². The maximum absolute atomic E-state index is 12.9. The molecule has 0 aliphatic carbocycles. The zero-order valence-electron chi connectivity index (χ0n) is 18.6. The number of hydrogen-bond donors (Lipinski definition) is 1. The Kier molecular flexibility index (Phi) is 6.74. The third-order valence-electron chi connectivity index (χ3n) is 6.06.